The summed E-state index contributed by atoms with van der Waals surface area (Å²) in [6.45, 7) is 0. The fourth-order valence-corrected chi connectivity index (χ4v) is 11.3. The van der Waals surface area contributed by atoms with Gasteiger partial charge in [0, 0.05) is 43.7 Å². The maximum atomic E-state index is 5.45. The van der Waals surface area contributed by atoms with E-state index in [0.29, 0.717) is 0 Å². The van der Waals surface area contributed by atoms with Gasteiger partial charge in [0.05, 0.1) is 50.2 Å². The number of hydrogen-bond acceptors (Lipinski definition) is 2. The highest BCUT2D eigenvalue weighted by atomic mass is 15.0. The Morgan fingerprint density at radius 2 is 0.824 bits per heavy atom. The Kier molecular flexibility index (Phi) is 7.75. The van der Waals surface area contributed by atoms with Gasteiger partial charge >= 0.3 is 0 Å². The van der Waals surface area contributed by atoms with Crippen molar-refractivity contribution in [2.24, 2.45) is 0 Å². The van der Waals surface area contributed by atoms with Gasteiger partial charge in [-0.2, -0.15) is 0 Å². The molecule has 0 saturated heterocycles. The van der Waals surface area contributed by atoms with Crippen molar-refractivity contribution in [2.75, 3.05) is 0 Å². The molecule has 3 aromatic heterocycles. The highest BCUT2D eigenvalue weighted by Crippen LogP contribution is 2.43. The third-order valence-electron chi connectivity index (χ3n) is 14.4. The van der Waals surface area contributed by atoms with Gasteiger partial charge < -0.3 is 9.13 Å². The molecule has 0 N–H and O–H groups in total. The Balaban J connectivity index is 0.951. The standard InChI is InChI=1S/C64H38N4/c1-4-16-48-39(13-1)25-26-43-33-44(28-31-49(43)48)63-64(66-56-22-10-9-21-55(56)65-63)46-34-42-15-3-5-17-50(42)60(38-46)68-57-23-11-7-19-52(57)54-36-45-35-47(30-27-41(45)37-61(54)68)67-58-24-12-8-20-53(58)62-51-18-6-2-14-40(51)29-32-59(62)67/h1-38H. The van der Waals surface area contributed by atoms with Crippen LogP contribution in [0.15, 0.2) is 231 Å². The van der Waals surface area contributed by atoms with E-state index in [4.69, 9.17) is 9.97 Å². The van der Waals surface area contributed by atoms with Crippen molar-refractivity contribution in [1.29, 1.82) is 0 Å². The van der Waals surface area contributed by atoms with Crippen molar-refractivity contribution < 1.29 is 0 Å². The zero-order valence-corrected chi connectivity index (χ0v) is 36.7. The van der Waals surface area contributed by atoms with Gasteiger partial charge in [-0.25, -0.2) is 9.97 Å². The molecule has 0 aliphatic carbocycles. The lowest BCUT2D eigenvalue weighted by molar-refractivity contribution is 1.19. The Morgan fingerprint density at radius 1 is 0.265 bits per heavy atom. The fourth-order valence-electron chi connectivity index (χ4n) is 11.3. The van der Waals surface area contributed by atoms with Crippen molar-refractivity contribution in [3.63, 3.8) is 0 Å². The van der Waals surface area contributed by atoms with Crippen LogP contribution in [0.1, 0.15) is 0 Å². The molecular weight excluding hydrogens is 825 g/mol. The lowest BCUT2D eigenvalue weighted by Gasteiger charge is -2.17. The number of fused-ring (bicyclic) bond motifs is 14. The molecule has 12 aromatic carbocycles. The molecule has 0 aliphatic rings. The summed E-state index contributed by atoms with van der Waals surface area (Å²) >= 11 is 0. The average molecular weight is 863 g/mol. The van der Waals surface area contributed by atoms with Crippen LogP contribution in [0.3, 0.4) is 0 Å². The molecule has 15 rings (SSSR count). The van der Waals surface area contributed by atoms with Crippen molar-refractivity contribution in [3.8, 4) is 33.9 Å². The number of nitrogens with zero attached hydrogens (tertiary/aromatic N) is 4. The Bertz CT molecular complexity index is 4630. The third-order valence-corrected chi connectivity index (χ3v) is 14.4. The molecule has 0 unspecified atom stereocenters. The summed E-state index contributed by atoms with van der Waals surface area (Å²) in [6, 6.07) is 84.0. The molecule has 0 saturated carbocycles. The second kappa shape index (κ2) is 14.2. The topological polar surface area (TPSA) is 35.6 Å². The van der Waals surface area contributed by atoms with Gasteiger partial charge in [0.1, 0.15) is 0 Å². The van der Waals surface area contributed by atoms with E-state index in [1.807, 2.05) is 12.1 Å². The lowest BCUT2D eigenvalue weighted by atomic mass is 9.96. The number of para-hydroxylation sites is 4. The van der Waals surface area contributed by atoms with Crippen LogP contribution in [0.5, 0.6) is 0 Å². The highest BCUT2D eigenvalue weighted by Gasteiger charge is 2.21. The van der Waals surface area contributed by atoms with Crippen molar-refractivity contribution >= 4 is 109 Å². The monoisotopic (exact) mass is 862 g/mol. The molecule has 4 heteroatoms. The minimum atomic E-state index is 0.854. The third kappa shape index (κ3) is 5.43. The maximum Gasteiger partial charge on any atom is 0.0974 e. The molecule has 15 aromatic rings. The maximum absolute atomic E-state index is 5.45. The molecular formula is C64H38N4. The minimum Gasteiger partial charge on any atom is -0.309 e. The molecule has 0 radical (unpaired) electrons. The molecule has 0 fully saturated rings. The number of rotatable bonds is 4. The summed E-state index contributed by atoms with van der Waals surface area (Å²) in [5, 5.41) is 17.1. The van der Waals surface area contributed by atoms with E-state index in [9.17, 15) is 0 Å². The van der Waals surface area contributed by atoms with Gasteiger partial charge in [-0.15, -0.1) is 0 Å². The summed E-state index contributed by atoms with van der Waals surface area (Å²) in [5.41, 5.74) is 12.5. The summed E-state index contributed by atoms with van der Waals surface area (Å²) in [5.74, 6) is 0. The van der Waals surface area contributed by atoms with Crippen LogP contribution < -0.4 is 0 Å². The Hall–Kier alpha value is -9.12. The fraction of sp³-hybridized carbons (Fsp3) is 0. The van der Waals surface area contributed by atoms with Crippen LogP contribution in [0.25, 0.3) is 142 Å². The second-order valence-electron chi connectivity index (χ2n) is 18.1. The lowest BCUT2D eigenvalue weighted by Crippen LogP contribution is -1.99. The molecule has 314 valence electrons. The predicted octanol–water partition coefficient (Wildman–Crippen LogP) is 16.9. The van der Waals surface area contributed by atoms with E-state index < -0.39 is 0 Å². The molecule has 0 spiro atoms. The van der Waals surface area contributed by atoms with Crippen LogP contribution in [-0.4, -0.2) is 19.1 Å². The summed E-state index contributed by atoms with van der Waals surface area (Å²) in [7, 11) is 0. The van der Waals surface area contributed by atoms with Crippen molar-refractivity contribution in [3.05, 3.63) is 231 Å². The largest absolute Gasteiger partial charge is 0.309 e. The van der Waals surface area contributed by atoms with E-state index in [-0.39, 0.29) is 0 Å². The van der Waals surface area contributed by atoms with Gasteiger partial charge in [0.25, 0.3) is 0 Å². The van der Waals surface area contributed by atoms with Crippen molar-refractivity contribution in [1.82, 2.24) is 19.1 Å². The van der Waals surface area contributed by atoms with Gasteiger partial charge in [-0.05, 0) is 121 Å². The second-order valence-corrected chi connectivity index (χ2v) is 18.1. The molecule has 3 heterocycles. The first-order chi connectivity index (χ1) is 33.7. The molecule has 0 atom stereocenters. The van der Waals surface area contributed by atoms with Gasteiger partial charge in [0.15, 0.2) is 0 Å². The SMILES string of the molecule is c1ccc2c(-n3c4ccccc4c4cc5cc(-n6c7ccccc7c7c8ccccc8ccc76)ccc5cc43)cc(-c3nc4ccccc4nc3-c3ccc4c(ccc5ccccc54)c3)cc2c1. The van der Waals surface area contributed by atoms with Gasteiger partial charge in [-0.3, -0.25) is 0 Å². The molecule has 4 nitrogen and oxygen atoms in total. The van der Waals surface area contributed by atoms with E-state index >= 15 is 0 Å². The van der Waals surface area contributed by atoms with Crippen LogP contribution in [0.2, 0.25) is 0 Å². The predicted molar refractivity (Wildman–Crippen MR) is 287 cm³/mol. The number of aromatic nitrogens is 4. The summed E-state index contributed by atoms with van der Waals surface area (Å²) in [4.78, 5) is 10.9. The first kappa shape index (κ1) is 37.1. The number of hydrogen-bond donors (Lipinski definition) is 0. The van der Waals surface area contributed by atoms with E-state index in [0.717, 1.165) is 61.3 Å². The molecule has 0 bridgehead atoms. The molecule has 0 aliphatic heterocycles. The van der Waals surface area contributed by atoms with Crippen LogP contribution in [0.4, 0.5) is 0 Å². The normalized spacial score (nSPS) is 12.1. The van der Waals surface area contributed by atoms with E-state index in [1.54, 1.807) is 0 Å². The van der Waals surface area contributed by atoms with Crippen LogP contribution in [0, 0.1) is 0 Å². The summed E-state index contributed by atoms with van der Waals surface area (Å²) < 4.78 is 4.91. The number of benzene rings is 12. The van der Waals surface area contributed by atoms with Gasteiger partial charge in [0.2, 0.25) is 0 Å². The van der Waals surface area contributed by atoms with Crippen LogP contribution in [-0.2, 0) is 0 Å². The minimum absolute atomic E-state index is 0.854. The summed E-state index contributed by atoms with van der Waals surface area (Å²) in [6.07, 6.45) is 0. The molecule has 68 heavy (non-hydrogen) atoms. The van der Waals surface area contributed by atoms with Crippen LogP contribution >= 0.6 is 0 Å². The Labute approximate surface area is 390 Å². The average Bonchev–Trinajstić information content (AvgIpc) is 3.91. The quantitative estimate of drug-likeness (QED) is 0.165. The zero-order chi connectivity index (χ0) is 44.5. The molecule has 0 amide bonds. The van der Waals surface area contributed by atoms with Crippen molar-refractivity contribution in [2.45, 2.75) is 0 Å². The first-order valence-electron chi connectivity index (χ1n) is 23.3. The van der Waals surface area contributed by atoms with E-state index in [1.165, 1.54) is 81.1 Å². The van der Waals surface area contributed by atoms with Gasteiger partial charge in [-0.1, -0.05) is 158 Å². The van der Waals surface area contributed by atoms with E-state index in [2.05, 4.69) is 228 Å². The first-order valence-corrected chi connectivity index (χ1v) is 23.3. The highest BCUT2D eigenvalue weighted by molar-refractivity contribution is 6.22. The zero-order valence-electron chi connectivity index (χ0n) is 36.7. The Morgan fingerprint density at radius 3 is 1.63 bits per heavy atom. The smallest absolute Gasteiger partial charge is 0.0974 e.